The maximum absolute atomic E-state index is 12.2. The summed E-state index contributed by atoms with van der Waals surface area (Å²) in [6.07, 6.45) is 3.14. The highest BCUT2D eigenvalue weighted by Crippen LogP contribution is 2.28. The van der Waals surface area contributed by atoms with Gasteiger partial charge in [-0.25, -0.2) is 0 Å². The molecule has 2 aromatic carbocycles. The van der Waals surface area contributed by atoms with Crippen LogP contribution in [0.15, 0.2) is 42.5 Å². The first kappa shape index (κ1) is 16.4. The number of benzene rings is 2. The average Bonchev–Trinajstić information content (AvgIpc) is 2.52. The Kier molecular flexibility index (Phi) is 5.47. The van der Waals surface area contributed by atoms with Crippen molar-refractivity contribution in [2.24, 2.45) is 0 Å². The number of carbonyl (C=O) groups is 1. The highest BCUT2D eigenvalue weighted by Gasteiger charge is 2.08. The zero-order valence-corrected chi connectivity index (χ0v) is 13.6. The first-order chi connectivity index (χ1) is 10.5. The molecule has 0 amide bonds. The van der Waals surface area contributed by atoms with Crippen molar-refractivity contribution < 1.29 is 14.3 Å². The molecule has 0 spiro atoms. The molecule has 0 fully saturated rings. The zero-order valence-electron chi connectivity index (χ0n) is 12.1. The summed E-state index contributed by atoms with van der Waals surface area (Å²) >= 11 is 11.8. The number of halogens is 2. The minimum atomic E-state index is -0.198. The molecule has 0 unspecified atom stereocenters. The van der Waals surface area contributed by atoms with Crippen LogP contribution in [0.1, 0.15) is 15.9 Å². The van der Waals surface area contributed by atoms with Crippen molar-refractivity contribution in [3.05, 3.63) is 63.6 Å². The van der Waals surface area contributed by atoms with Crippen molar-refractivity contribution >= 4 is 35.1 Å². The second kappa shape index (κ2) is 7.34. The first-order valence-corrected chi connectivity index (χ1v) is 7.20. The molecule has 0 aliphatic carbocycles. The first-order valence-electron chi connectivity index (χ1n) is 6.44. The van der Waals surface area contributed by atoms with E-state index in [9.17, 15) is 4.79 Å². The van der Waals surface area contributed by atoms with Gasteiger partial charge in [0.25, 0.3) is 0 Å². The molecule has 22 heavy (non-hydrogen) atoms. The van der Waals surface area contributed by atoms with Gasteiger partial charge in [-0.2, -0.15) is 0 Å². The number of hydrogen-bond acceptors (Lipinski definition) is 3. The van der Waals surface area contributed by atoms with Crippen LogP contribution < -0.4 is 9.47 Å². The molecule has 0 radical (unpaired) electrons. The fourth-order valence-electron chi connectivity index (χ4n) is 1.91. The van der Waals surface area contributed by atoms with Gasteiger partial charge >= 0.3 is 0 Å². The Morgan fingerprint density at radius 3 is 2.36 bits per heavy atom. The van der Waals surface area contributed by atoms with E-state index in [2.05, 4.69) is 0 Å². The van der Waals surface area contributed by atoms with E-state index in [-0.39, 0.29) is 5.78 Å². The van der Waals surface area contributed by atoms with Gasteiger partial charge in [0, 0.05) is 10.6 Å². The Morgan fingerprint density at radius 2 is 1.73 bits per heavy atom. The van der Waals surface area contributed by atoms with E-state index in [1.807, 2.05) is 6.07 Å². The van der Waals surface area contributed by atoms with E-state index >= 15 is 0 Å². The summed E-state index contributed by atoms with van der Waals surface area (Å²) < 4.78 is 10.4. The Balaban J connectivity index is 2.22. The van der Waals surface area contributed by atoms with Gasteiger partial charge in [-0.1, -0.05) is 35.3 Å². The summed E-state index contributed by atoms with van der Waals surface area (Å²) in [5.41, 5.74) is 1.22. The lowest BCUT2D eigenvalue weighted by atomic mass is 10.1. The van der Waals surface area contributed by atoms with Crippen LogP contribution in [-0.4, -0.2) is 20.0 Å². The van der Waals surface area contributed by atoms with Crippen molar-refractivity contribution in [1.82, 2.24) is 0 Å². The summed E-state index contributed by atoms with van der Waals surface area (Å²) in [5, 5.41) is 0.819. The van der Waals surface area contributed by atoms with Crippen LogP contribution in [0.3, 0.4) is 0 Å². The molecule has 0 aromatic heterocycles. The molecule has 3 nitrogen and oxygen atoms in total. The monoisotopic (exact) mass is 336 g/mol. The average molecular weight is 337 g/mol. The fourth-order valence-corrected chi connectivity index (χ4v) is 2.41. The van der Waals surface area contributed by atoms with E-state index in [4.69, 9.17) is 32.7 Å². The number of allylic oxidation sites excluding steroid dienone is 1. The van der Waals surface area contributed by atoms with Crippen LogP contribution >= 0.6 is 23.2 Å². The zero-order chi connectivity index (χ0) is 16.1. The molecule has 0 N–H and O–H groups in total. The SMILES string of the molecule is COc1ccc(C=CC(=O)c2ccc(Cl)cc2Cl)cc1OC. The molecule has 2 rings (SSSR count). The van der Waals surface area contributed by atoms with Crippen molar-refractivity contribution in [2.45, 2.75) is 0 Å². The highest BCUT2D eigenvalue weighted by molar-refractivity contribution is 6.37. The Hall–Kier alpha value is -1.97. The number of methoxy groups -OCH3 is 2. The van der Waals surface area contributed by atoms with Crippen molar-refractivity contribution in [1.29, 1.82) is 0 Å². The van der Waals surface area contributed by atoms with Crippen molar-refractivity contribution in [2.75, 3.05) is 14.2 Å². The van der Waals surface area contributed by atoms with Gasteiger partial charge in [-0.05, 0) is 42.0 Å². The maximum Gasteiger partial charge on any atom is 0.187 e. The van der Waals surface area contributed by atoms with Crippen LogP contribution in [0.25, 0.3) is 6.08 Å². The highest BCUT2D eigenvalue weighted by atomic mass is 35.5. The minimum absolute atomic E-state index is 0.198. The molecule has 0 atom stereocenters. The molecule has 5 heteroatoms. The van der Waals surface area contributed by atoms with E-state index in [0.29, 0.717) is 27.1 Å². The fraction of sp³-hybridized carbons (Fsp3) is 0.118. The predicted octanol–water partition coefficient (Wildman–Crippen LogP) is 4.91. The van der Waals surface area contributed by atoms with Crippen LogP contribution in [-0.2, 0) is 0 Å². The van der Waals surface area contributed by atoms with Crippen molar-refractivity contribution in [3.63, 3.8) is 0 Å². The van der Waals surface area contributed by atoms with Gasteiger partial charge in [0.2, 0.25) is 0 Å². The topological polar surface area (TPSA) is 35.5 Å². The van der Waals surface area contributed by atoms with Gasteiger partial charge in [0.05, 0.1) is 19.2 Å². The number of ether oxygens (including phenoxy) is 2. The summed E-state index contributed by atoms with van der Waals surface area (Å²) in [6, 6.07) is 10.2. The van der Waals surface area contributed by atoms with E-state index < -0.39 is 0 Å². The van der Waals surface area contributed by atoms with Gasteiger partial charge in [-0.3, -0.25) is 4.79 Å². The molecule has 0 bridgehead atoms. The van der Waals surface area contributed by atoms with Crippen molar-refractivity contribution in [3.8, 4) is 11.5 Å². The standard InChI is InChI=1S/C17H14Cl2O3/c1-21-16-8-4-11(9-17(16)22-2)3-7-15(20)13-6-5-12(18)10-14(13)19/h3-10H,1-2H3. The second-order valence-electron chi connectivity index (χ2n) is 4.44. The molecular formula is C17H14Cl2O3. The van der Waals surface area contributed by atoms with Gasteiger partial charge in [0.15, 0.2) is 17.3 Å². The van der Waals surface area contributed by atoms with Gasteiger partial charge in [-0.15, -0.1) is 0 Å². The lowest BCUT2D eigenvalue weighted by Gasteiger charge is -2.07. The normalized spacial score (nSPS) is 10.7. The Labute approximate surface area is 139 Å². The molecule has 0 aliphatic rings. The predicted molar refractivity (Wildman–Crippen MR) is 89.4 cm³/mol. The third kappa shape index (κ3) is 3.81. The van der Waals surface area contributed by atoms with E-state index in [1.165, 1.54) is 6.08 Å². The second-order valence-corrected chi connectivity index (χ2v) is 5.28. The molecule has 0 aliphatic heterocycles. The summed E-state index contributed by atoms with van der Waals surface area (Å²) in [6.45, 7) is 0. The number of carbonyl (C=O) groups excluding carboxylic acids is 1. The largest absolute Gasteiger partial charge is 0.493 e. The molecule has 2 aromatic rings. The summed E-state index contributed by atoms with van der Waals surface area (Å²) in [7, 11) is 3.13. The summed E-state index contributed by atoms with van der Waals surface area (Å²) in [4.78, 5) is 12.2. The maximum atomic E-state index is 12.2. The summed E-state index contributed by atoms with van der Waals surface area (Å²) in [5.74, 6) is 1.03. The van der Waals surface area contributed by atoms with Crippen LogP contribution in [0.5, 0.6) is 11.5 Å². The van der Waals surface area contributed by atoms with Gasteiger partial charge < -0.3 is 9.47 Å². The van der Waals surface area contributed by atoms with Crippen LogP contribution in [0.4, 0.5) is 0 Å². The quantitative estimate of drug-likeness (QED) is 0.575. The van der Waals surface area contributed by atoms with Gasteiger partial charge in [0.1, 0.15) is 0 Å². The molecular weight excluding hydrogens is 323 g/mol. The van der Waals surface area contributed by atoms with E-state index in [0.717, 1.165) is 5.56 Å². The number of ketones is 1. The molecule has 114 valence electrons. The number of rotatable bonds is 5. The lowest BCUT2D eigenvalue weighted by Crippen LogP contribution is -1.95. The van der Waals surface area contributed by atoms with Crippen LogP contribution in [0, 0.1) is 0 Å². The van der Waals surface area contributed by atoms with E-state index in [1.54, 1.807) is 50.6 Å². The Morgan fingerprint density at radius 1 is 1.00 bits per heavy atom. The third-order valence-electron chi connectivity index (χ3n) is 3.03. The Bertz CT molecular complexity index is 724. The smallest absolute Gasteiger partial charge is 0.187 e. The molecule has 0 heterocycles. The third-order valence-corrected chi connectivity index (χ3v) is 3.58. The lowest BCUT2D eigenvalue weighted by molar-refractivity contribution is 0.104. The minimum Gasteiger partial charge on any atom is -0.493 e. The number of hydrogen-bond donors (Lipinski definition) is 0. The van der Waals surface area contributed by atoms with Crippen LogP contribution in [0.2, 0.25) is 10.0 Å². The molecule has 0 saturated carbocycles. The molecule has 0 saturated heterocycles.